The van der Waals surface area contributed by atoms with Crippen LogP contribution in [0.2, 0.25) is 0 Å². The van der Waals surface area contributed by atoms with Gasteiger partial charge in [-0.05, 0) is 31.9 Å². The summed E-state index contributed by atoms with van der Waals surface area (Å²) in [5, 5.41) is 10.5. The minimum atomic E-state index is -0.633. The third-order valence-corrected chi connectivity index (χ3v) is 3.64. The third-order valence-electron chi connectivity index (χ3n) is 1.63. The molecule has 0 saturated heterocycles. The maximum atomic E-state index is 11.3. The van der Waals surface area contributed by atoms with Gasteiger partial charge in [0.15, 0.2) is 0 Å². The fourth-order valence-electron chi connectivity index (χ4n) is 0.939. The van der Waals surface area contributed by atoms with Crippen LogP contribution < -0.4 is 0 Å². The molecule has 0 aliphatic carbocycles. The van der Waals surface area contributed by atoms with Crippen LogP contribution in [0, 0.1) is 10.1 Å². The summed E-state index contributed by atoms with van der Waals surface area (Å²) in [6.07, 6.45) is 0. The van der Waals surface area contributed by atoms with Gasteiger partial charge >= 0.3 is 5.97 Å². The summed E-state index contributed by atoms with van der Waals surface area (Å²) in [6.45, 7) is 0. The van der Waals surface area contributed by atoms with Crippen LogP contribution in [0.1, 0.15) is 10.4 Å². The number of non-ortho nitro benzene ring substituents is 1. The number of esters is 1. The normalized spacial score (nSPS) is 9.80. The van der Waals surface area contributed by atoms with Crippen molar-refractivity contribution in [2.75, 3.05) is 7.11 Å². The van der Waals surface area contributed by atoms with E-state index in [4.69, 9.17) is 0 Å². The molecule has 1 aromatic rings. The van der Waals surface area contributed by atoms with Crippen LogP contribution >= 0.6 is 31.9 Å². The Morgan fingerprint density at radius 1 is 1.47 bits per heavy atom. The lowest BCUT2D eigenvalue weighted by atomic mass is 10.2. The van der Waals surface area contributed by atoms with E-state index in [1.807, 2.05) is 0 Å². The van der Waals surface area contributed by atoms with Crippen molar-refractivity contribution in [3.05, 3.63) is 36.8 Å². The van der Waals surface area contributed by atoms with Gasteiger partial charge in [-0.1, -0.05) is 0 Å². The number of carbonyl (C=O) groups is 1. The van der Waals surface area contributed by atoms with Gasteiger partial charge in [0, 0.05) is 21.1 Å². The highest BCUT2D eigenvalue weighted by Gasteiger charge is 2.18. The fraction of sp³-hybridized carbons (Fsp3) is 0.125. The first-order chi connectivity index (χ1) is 6.97. The molecule has 0 fully saturated rings. The predicted octanol–water partition coefficient (Wildman–Crippen LogP) is 2.91. The van der Waals surface area contributed by atoms with Crippen molar-refractivity contribution in [3.8, 4) is 0 Å². The summed E-state index contributed by atoms with van der Waals surface area (Å²) in [5.74, 6) is -0.633. The van der Waals surface area contributed by atoms with Crippen molar-refractivity contribution < 1.29 is 14.5 Å². The summed E-state index contributed by atoms with van der Waals surface area (Å²) in [4.78, 5) is 21.2. The van der Waals surface area contributed by atoms with E-state index in [-0.39, 0.29) is 11.3 Å². The van der Waals surface area contributed by atoms with Gasteiger partial charge in [-0.25, -0.2) is 4.79 Å². The second-order valence-corrected chi connectivity index (χ2v) is 4.19. The van der Waals surface area contributed by atoms with Gasteiger partial charge in [0.05, 0.1) is 17.6 Å². The number of halogens is 2. The summed E-state index contributed by atoms with van der Waals surface area (Å²) in [7, 11) is 1.21. The number of nitro groups is 1. The number of methoxy groups -OCH3 is 1. The number of benzene rings is 1. The zero-order chi connectivity index (χ0) is 11.6. The molecule has 0 N–H and O–H groups in total. The molecule has 0 atom stereocenters. The largest absolute Gasteiger partial charge is 0.465 e. The molecule has 15 heavy (non-hydrogen) atoms. The van der Waals surface area contributed by atoms with E-state index in [0.717, 1.165) is 6.07 Å². The average Bonchev–Trinajstić information content (AvgIpc) is 2.20. The fourth-order valence-corrected chi connectivity index (χ4v) is 1.78. The lowest BCUT2D eigenvalue weighted by Gasteiger charge is -2.04. The second-order valence-electron chi connectivity index (χ2n) is 2.54. The number of hydrogen-bond acceptors (Lipinski definition) is 4. The molecule has 0 heterocycles. The SMILES string of the molecule is COC(=O)c1cc([N+](=O)[O-])cc(Br)c1Br. The van der Waals surface area contributed by atoms with Gasteiger partial charge in [-0.2, -0.15) is 0 Å². The monoisotopic (exact) mass is 337 g/mol. The minimum absolute atomic E-state index is 0.110. The Labute approximate surface area is 102 Å². The number of rotatable bonds is 2. The molecule has 0 amide bonds. The molecule has 0 unspecified atom stereocenters. The Morgan fingerprint density at radius 2 is 2.07 bits per heavy atom. The molecule has 1 rings (SSSR count). The van der Waals surface area contributed by atoms with Crippen molar-refractivity contribution in [3.63, 3.8) is 0 Å². The van der Waals surface area contributed by atoms with E-state index in [1.165, 1.54) is 13.2 Å². The molecular formula is C8H5Br2NO4. The van der Waals surface area contributed by atoms with Crippen molar-refractivity contribution in [2.45, 2.75) is 0 Å². The summed E-state index contributed by atoms with van der Waals surface area (Å²) in [6, 6.07) is 2.46. The third kappa shape index (κ3) is 2.54. The smallest absolute Gasteiger partial charge is 0.339 e. The first-order valence-corrected chi connectivity index (χ1v) is 5.27. The summed E-state index contributed by atoms with van der Waals surface area (Å²) >= 11 is 6.24. The van der Waals surface area contributed by atoms with Crippen LogP contribution in [-0.2, 0) is 4.74 Å². The van der Waals surface area contributed by atoms with Gasteiger partial charge in [-0.15, -0.1) is 0 Å². The zero-order valence-corrected chi connectivity index (χ0v) is 10.7. The number of nitrogens with zero attached hydrogens (tertiary/aromatic N) is 1. The van der Waals surface area contributed by atoms with Crippen LogP contribution in [0.15, 0.2) is 21.1 Å². The predicted molar refractivity (Wildman–Crippen MR) is 59.8 cm³/mol. The maximum Gasteiger partial charge on any atom is 0.339 e. The number of nitro benzene ring substituents is 1. The van der Waals surface area contributed by atoms with E-state index < -0.39 is 10.9 Å². The Morgan fingerprint density at radius 3 is 2.53 bits per heavy atom. The van der Waals surface area contributed by atoms with Gasteiger partial charge < -0.3 is 4.74 Å². The lowest BCUT2D eigenvalue weighted by molar-refractivity contribution is -0.385. The number of hydrogen-bond donors (Lipinski definition) is 0. The van der Waals surface area contributed by atoms with Gasteiger partial charge in [0.1, 0.15) is 0 Å². The first-order valence-electron chi connectivity index (χ1n) is 3.69. The molecular weight excluding hydrogens is 334 g/mol. The Balaban J connectivity index is 3.37. The van der Waals surface area contributed by atoms with Crippen molar-refractivity contribution in [1.82, 2.24) is 0 Å². The molecule has 1 aromatic carbocycles. The van der Waals surface area contributed by atoms with E-state index in [9.17, 15) is 14.9 Å². The topological polar surface area (TPSA) is 69.4 Å². The second kappa shape index (κ2) is 4.71. The highest BCUT2D eigenvalue weighted by atomic mass is 79.9. The molecule has 0 bridgehead atoms. The Hall–Kier alpha value is -0.950. The van der Waals surface area contributed by atoms with Crippen LogP contribution in [0.4, 0.5) is 5.69 Å². The Bertz CT molecular complexity index is 433. The summed E-state index contributed by atoms with van der Waals surface area (Å²) < 4.78 is 5.35. The quantitative estimate of drug-likeness (QED) is 0.472. The maximum absolute atomic E-state index is 11.3. The van der Waals surface area contributed by atoms with E-state index in [2.05, 4.69) is 36.6 Å². The molecule has 7 heteroatoms. The van der Waals surface area contributed by atoms with Gasteiger partial charge in [0.25, 0.3) is 5.69 Å². The van der Waals surface area contributed by atoms with Crippen LogP contribution in [0.5, 0.6) is 0 Å². The number of carbonyl (C=O) groups excluding carboxylic acids is 1. The van der Waals surface area contributed by atoms with Crippen molar-refractivity contribution in [2.24, 2.45) is 0 Å². The zero-order valence-electron chi connectivity index (χ0n) is 7.49. The summed E-state index contributed by atoms with van der Waals surface area (Å²) in [5.41, 5.74) is -0.0657. The average molecular weight is 339 g/mol. The first kappa shape index (κ1) is 12.1. The highest BCUT2D eigenvalue weighted by molar-refractivity contribution is 9.13. The van der Waals surface area contributed by atoms with Gasteiger partial charge in [-0.3, -0.25) is 10.1 Å². The highest BCUT2D eigenvalue weighted by Crippen LogP contribution is 2.31. The van der Waals surface area contributed by atoms with Crippen LogP contribution in [0.3, 0.4) is 0 Å². The minimum Gasteiger partial charge on any atom is -0.465 e. The molecule has 0 aromatic heterocycles. The molecule has 0 spiro atoms. The van der Waals surface area contributed by atoms with Gasteiger partial charge in [0.2, 0.25) is 0 Å². The molecule has 0 radical (unpaired) electrons. The molecule has 0 saturated carbocycles. The molecule has 5 nitrogen and oxygen atoms in total. The Kier molecular flexibility index (Phi) is 3.81. The number of ether oxygens (including phenoxy) is 1. The van der Waals surface area contributed by atoms with Crippen LogP contribution in [-0.4, -0.2) is 18.0 Å². The van der Waals surface area contributed by atoms with E-state index >= 15 is 0 Å². The van der Waals surface area contributed by atoms with E-state index in [1.54, 1.807) is 0 Å². The lowest BCUT2D eigenvalue weighted by Crippen LogP contribution is -2.03. The standard InChI is InChI=1S/C8H5Br2NO4/c1-15-8(12)5-2-4(11(13)14)3-6(9)7(5)10/h2-3H,1H3. The van der Waals surface area contributed by atoms with Crippen molar-refractivity contribution in [1.29, 1.82) is 0 Å². The van der Waals surface area contributed by atoms with Crippen molar-refractivity contribution >= 4 is 43.5 Å². The van der Waals surface area contributed by atoms with E-state index in [0.29, 0.717) is 8.95 Å². The molecule has 80 valence electrons. The molecule has 0 aliphatic rings. The van der Waals surface area contributed by atoms with Crippen LogP contribution in [0.25, 0.3) is 0 Å². The molecule has 0 aliphatic heterocycles.